The number of benzene rings is 2. The molecular weight excluding hydrogens is 380 g/mol. The minimum absolute atomic E-state index is 0.0196. The van der Waals surface area contributed by atoms with Crippen molar-refractivity contribution in [3.05, 3.63) is 52.5 Å². The molecule has 2 aromatic carbocycles. The lowest BCUT2D eigenvalue weighted by Crippen LogP contribution is -2.31. The molecule has 2 rings (SSSR count). The Morgan fingerprint density at radius 1 is 1.25 bits per heavy atom. The van der Waals surface area contributed by atoms with Crippen LogP contribution in [-0.2, 0) is 11.3 Å². The standard InChI is InChI=1S/C21H27ClN2O4/c1-4-16(12-25)23-11-15-9-18(22)21(19(10-15)27-3)28-13-20(26)24-17-7-5-14(2)6-8-17/h5-10,16,23,25H,4,11-13H2,1-3H3,(H,24,26). The van der Waals surface area contributed by atoms with Gasteiger partial charge in [0.15, 0.2) is 18.1 Å². The van der Waals surface area contributed by atoms with E-state index in [-0.39, 0.29) is 25.2 Å². The SMILES string of the molecule is CCC(CO)NCc1cc(Cl)c(OCC(=O)Nc2ccc(C)cc2)c(OC)c1. The number of hydrogen-bond donors (Lipinski definition) is 3. The van der Waals surface area contributed by atoms with Crippen LogP contribution in [0.15, 0.2) is 36.4 Å². The first-order chi connectivity index (χ1) is 13.5. The fourth-order valence-corrected chi connectivity index (χ4v) is 2.88. The van der Waals surface area contributed by atoms with E-state index in [0.29, 0.717) is 28.8 Å². The van der Waals surface area contributed by atoms with Crippen LogP contribution in [0, 0.1) is 6.92 Å². The molecule has 0 aliphatic heterocycles. The number of hydrogen-bond acceptors (Lipinski definition) is 5. The fraction of sp³-hybridized carbons (Fsp3) is 0.381. The summed E-state index contributed by atoms with van der Waals surface area (Å²) in [6.45, 7) is 4.39. The highest BCUT2D eigenvalue weighted by molar-refractivity contribution is 6.32. The molecule has 2 aromatic rings. The molecule has 3 N–H and O–H groups in total. The average molecular weight is 407 g/mol. The van der Waals surface area contributed by atoms with Gasteiger partial charge in [-0.1, -0.05) is 36.2 Å². The van der Waals surface area contributed by atoms with Crippen LogP contribution in [0.25, 0.3) is 0 Å². The predicted molar refractivity (Wildman–Crippen MR) is 111 cm³/mol. The molecule has 28 heavy (non-hydrogen) atoms. The Labute approximate surface area is 170 Å². The molecule has 1 atom stereocenters. The van der Waals surface area contributed by atoms with Crippen LogP contribution in [0.2, 0.25) is 5.02 Å². The molecule has 0 aromatic heterocycles. The third kappa shape index (κ3) is 6.41. The average Bonchev–Trinajstić information content (AvgIpc) is 2.69. The summed E-state index contributed by atoms with van der Waals surface area (Å²) in [6.07, 6.45) is 0.818. The highest BCUT2D eigenvalue weighted by atomic mass is 35.5. The zero-order valence-corrected chi connectivity index (χ0v) is 17.2. The molecule has 1 unspecified atom stereocenters. The summed E-state index contributed by atoms with van der Waals surface area (Å²) in [7, 11) is 1.52. The molecular formula is C21H27ClN2O4. The van der Waals surface area contributed by atoms with Crippen molar-refractivity contribution in [3.8, 4) is 11.5 Å². The first-order valence-electron chi connectivity index (χ1n) is 9.16. The number of carbonyl (C=O) groups is 1. The van der Waals surface area contributed by atoms with Gasteiger partial charge in [-0.3, -0.25) is 4.79 Å². The topological polar surface area (TPSA) is 79.8 Å². The summed E-state index contributed by atoms with van der Waals surface area (Å²) in [5.74, 6) is 0.479. The largest absolute Gasteiger partial charge is 0.493 e. The van der Waals surface area contributed by atoms with Crippen molar-refractivity contribution < 1.29 is 19.4 Å². The molecule has 0 fully saturated rings. The number of methoxy groups -OCH3 is 1. The van der Waals surface area contributed by atoms with Crippen LogP contribution < -0.4 is 20.1 Å². The maximum atomic E-state index is 12.1. The Hall–Kier alpha value is -2.28. The van der Waals surface area contributed by atoms with E-state index in [1.807, 2.05) is 38.1 Å². The maximum Gasteiger partial charge on any atom is 0.262 e. The third-order valence-corrected chi connectivity index (χ3v) is 4.56. The lowest BCUT2D eigenvalue weighted by molar-refractivity contribution is -0.118. The van der Waals surface area contributed by atoms with E-state index in [9.17, 15) is 9.90 Å². The van der Waals surface area contributed by atoms with Crippen LogP contribution in [0.3, 0.4) is 0 Å². The van der Waals surface area contributed by atoms with Gasteiger partial charge in [-0.15, -0.1) is 0 Å². The molecule has 1 amide bonds. The van der Waals surface area contributed by atoms with Gasteiger partial charge in [0.05, 0.1) is 18.7 Å². The summed E-state index contributed by atoms with van der Waals surface area (Å²) in [5, 5.41) is 15.6. The number of halogens is 1. The van der Waals surface area contributed by atoms with Crippen molar-refractivity contribution in [3.63, 3.8) is 0 Å². The third-order valence-electron chi connectivity index (χ3n) is 4.28. The number of amides is 1. The van der Waals surface area contributed by atoms with E-state index < -0.39 is 0 Å². The number of nitrogens with one attached hydrogen (secondary N) is 2. The highest BCUT2D eigenvalue weighted by Gasteiger charge is 2.15. The number of aryl methyl sites for hydroxylation is 1. The Morgan fingerprint density at radius 3 is 2.57 bits per heavy atom. The Kier molecular flexibility index (Phi) is 8.57. The Balaban J connectivity index is 2.00. The zero-order valence-electron chi connectivity index (χ0n) is 16.4. The molecule has 0 saturated carbocycles. The summed E-state index contributed by atoms with van der Waals surface area (Å²) >= 11 is 6.34. The summed E-state index contributed by atoms with van der Waals surface area (Å²) in [4.78, 5) is 12.1. The second-order valence-corrected chi connectivity index (χ2v) is 6.89. The molecule has 0 heterocycles. The number of aliphatic hydroxyl groups excluding tert-OH is 1. The molecule has 0 spiro atoms. The number of rotatable bonds is 10. The van der Waals surface area contributed by atoms with Crippen LogP contribution in [0.1, 0.15) is 24.5 Å². The van der Waals surface area contributed by atoms with Crippen LogP contribution >= 0.6 is 11.6 Å². The first-order valence-corrected chi connectivity index (χ1v) is 9.54. The van der Waals surface area contributed by atoms with Crippen molar-refractivity contribution >= 4 is 23.2 Å². The Bertz CT molecular complexity index is 777. The minimum atomic E-state index is -0.290. The molecule has 6 nitrogen and oxygen atoms in total. The van der Waals surface area contributed by atoms with E-state index in [0.717, 1.165) is 17.5 Å². The van der Waals surface area contributed by atoms with Crippen LogP contribution in [0.5, 0.6) is 11.5 Å². The molecule has 0 bridgehead atoms. The van der Waals surface area contributed by atoms with Gasteiger partial charge in [-0.2, -0.15) is 0 Å². The quantitative estimate of drug-likeness (QED) is 0.562. The number of ether oxygens (including phenoxy) is 2. The summed E-state index contributed by atoms with van der Waals surface area (Å²) < 4.78 is 11.0. The number of anilines is 1. The molecule has 152 valence electrons. The highest BCUT2D eigenvalue weighted by Crippen LogP contribution is 2.36. The van der Waals surface area contributed by atoms with Gasteiger partial charge < -0.3 is 25.2 Å². The van der Waals surface area contributed by atoms with Gasteiger partial charge in [0.2, 0.25) is 0 Å². The summed E-state index contributed by atoms with van der Waals surface area (Å²) in [6, 6.07) is 11.1. The van der Waals surface area contributed by atoms with Gasteiger partial charge in [0.1, 0.15) is 0 Å². The summed E-state index contributed by atoms with van der Waals surface area (Å²) in [5.41, 5.74) is 2.71. The van der Waals surface area contributed by atoms with E-state index >= 15 is 0 Å². The minimum Gasteiger partial charge on any atom is -0.493 e. The second-order valence-electron chi connectivity index (χ2n) is 6.48. The molecule has 7 heteroatoms. The fourth-order valence-electron chi connectivity index (χ4n) is 2.59. The maximum absolute atomic E-state index is 12.1. The first kappa shape index (κ1) is 22.0. The van der Waals surface area contributed by atoms with Gasteiger partial charge in [-0.25, -0.2) is 0 Å². The van der Waals surface area contributed by atoms with E-state index in [1.54, 1.807) is 12.1 Å². The van der Waals surface area contributed by atoms with Crippen molar-refractivity contribution in [2.24, 2.45) is 0 Å². The molecule has 0 radical (unpaired) electrons. The molecule has 0 saturated heterocycles. The van der Waals surface area contributed by atoms with Crippen LogP contribution in [0.4, 0.5) is 5.69 Å². The van der Waals surface area contributed by atoms with Gasteiger partial charge in [0.25, 0.3) is 5.91 Å². The zero-order chi connectivity index (χ0) is 20.5. The van der Waals surface area contributed by atoms with Crippen molar-refractivity contribution in [1.29, 1.82) is 0 Å². The molecule has 0 aliphatic rings. The second kappa shape index (κ2) is 10.9. The lowest BCUT2D eigenvalue weighted by Gasteiger charge is -2.17. The predicted octanol–water partition coefficient (Wildman–Crippen LogP) is 3.54. The van der Waals surface area contributed by atoms with E-state index in [2.05, 4.69) is 10.6 Å². The van der Waals surface area contributed by atoms with E-state index in [4.69, 9.17) is 21.1 Å². The van der Waals surface area contributed by atoms with Gasteiger partial charge in [-0.05, 0) is 43.2 Å². The van der Waals surface area contributed by atoms with Crippen molar-refractivity contribution in [2.45, 2.75) is 32.9 Å². The smallest absolute Gasteiger partial charge is 0.262 e. The van der Waals surface area contributed by atoms with Crippen LogP contribution in [-0.4, -0.2) is 37.4 Å². The number of aliphatic hydroxyl groups is 1. The molecule has 0 aliphatic carbocycles. The van der Waals surface area contributed by atoms with Gasteiger partial charge in [0, 0.05) is 18.3 Å². The van der Waals surface area contributed by atoms with Gasteiger partial charge >= 0.3 is 0 Å². The number of carbonyl (C=O) groups excluding carboxylic acids is 1. The van der Waals surface area contributed by atoms with Crippen molar-refractivity contribution in [2.75, 3.05) is 25.6 Å². The normalized spacial score (nSPS) is 11.8. The van der Waals surface area contributed by atoms with E-state index in [1.165, 1.54) is 7.11 Å². The Morgan fingerprint density at radius 2 is 1.96 bits per heavy atom. The lowest BCUT2D eigenvalue weighted by atomic mass is 10.1. The monoisotopic (exact) mass is 406 g/mol. The van der Waals surface area contributed by atoms with Crippen molar-refractivity contribution in [1.82, 2.24) is 5.32 Å².